The van der Waals surface area contributed by atoms with Gasteiger partial charge in [-0.15, -0.1) is 0 Å². The summed E-state index contributed by atoms with van der Waals surface area (Å²) in [7, 11) is 0. The average Bonchev–Trinajstić information content (AvgIpc) is 3.03. The van der Waals surface area contributed by atoms with Crippen LogP contribution in [-0.4, -0.2) is 17.8 Å². The number of nitrogens with zero attached hydrogens (tertiary/aromatic N) is 1. The van der Waals surface area contributed by atoms with E-state index in [1.807, 2.05) is 51.1 Å². The number of imide groups is 1. The smallest absolute Gasteiger partial charge is 0.343 e. The fourth-order valence-electron chi connectivity index (χ4n) is 3.69. The van der Waals surface area contributed by atoms with Crippen LogP contribution in [0.3, 0.4) is 0 Å². The molecule has 0 spiro atoms. The first-order valence-corrected chi connectivity index (χ1v) is 11.2. The van der Waals surface area contributed by atoms with E-state index in [2.05, 4.69) is 5.32 Å². The molecule has 0 aliphatic carbocycles. The Labute approximate surface area is 202 Å². The number of halogens is 1. The topological polar surface area (TPSA) is 75.7 Å². The molecule has 3 aromatic rings. The molecule has 34 heavy (non-hydrogen) atoms. The quantitative estimate of drug-likeness (QED) is 0.278. The summed E-state index contributed by atoms with van der Waals surface area (Å²) in [6, 6.07) is 20.9. The third-order valence-corrected chi connectivity index (χ3v) is 5.87. The van der Waals surface area contributed by atoms with Gasteiger partial charge in [0, 0.05) is 5.69 Å². The standard InChI is InChI=1S/C27H23ClN2O4/c1-16(2)20-9-5-7-11-22(20)34-27(33)18-12-14-19(15-13-18)29-24-23(28)25(31)30(26(24)32)21-10-6-4-8-17(21)3/h4-16,29H,1-3H3. The normalized spacial score (nSPS) is 13.6. The molecule has 1 aliphatic rings. The van der Waals surface area contributed by atoms with Gasteiger partial charge in [0.05, 0.1) is 11.3 Å². The van der Waals surface area contributed by atoms with Gasteiger partial charge in [-0.3, -0.25) is 9.59 Å². The van der Waals surface area contributed by atoms with E-state index in [0.29, 0.717) is 22.7 Å². The Morgan fingerprint density at radius 2 is 1.56 bits per heavy atom. The fraction of sp³-hybridized carbons (Fsp3) is 0.148. The van der Waals surface area contributed by atoms with E-state index < -0.39 is 17.8 Å². The van der Waals surface area contributed by atoms with E-state index in [1.54, 1.807) is 42.5 Å². The number of rotatable bonds is 6. The molecule has 0 radical (unpaired) electrons. The number of carbonyl (C=O) groups excluding carboxylic acids is 3. The summed E-state index contributed by atoms with van der Waals surface area (Å²) in [6.07, 6.45) is 0. The lowest BCUT2D eigenvalue weighted by Gasteiger charge is -2.17. The van der Waals surface area contributed by atoms with Crippen LogP contribution in [0.25, 0.3) is 0 Å². The molecular weight excluding hydrogens is 452 g/mol. The number of benzene rings is 3. The fourth-order valence-corrected chi connectivity index (χ4v) is 3.90. The molecule has 0 aromatic heterocycles. The summed E-state index contributed by atoms with van der Waals surface area (Å²) in [5, 5.41) is 2.72. The van der Waals surface area contributed by atoms with Gasteiger partial charge in [-0.25, -0.2) is 9.69 Å². The van der Waals surface area contributed by atoms with Crippen molar-refractivity contribution in [2.45, 2.75) is 26.7 Å². The number of hydrogen-bond acceptors (Lipinski definition) is 5. The van der Waals surface area contributed by atoms with E-state index in [4.69, 9.17) is 16.3 Å². The summed E-state index contributed by atoms with van der Waals surface area (Å²) in [6.45, 7) is 5.87. The Morgan fingerprint density at radius 1 is 0.912 bits per heavy atom. The number of esters is 1. The van der Waals surface area contributed by atoms with Gasteiger partial charge in [-0.05, 0) is 60.4 Å². The van der Waals surface area contributed by atoms with Crippen molar-refractivity contribution >= 4 is 40.8 Å². The van der Waals surface area contributed by atoms with Gasteiger partial charge in [-0.2, -0.15) is 0 Å². The number of anilines is 2. The second-order valence-corrected chi connectivity index (χ2v) is 8.58. The first-order chi connectivity index (χ1) is 16.3. The third-order valence-electron chi connectivity index (χ3n) is 5.52. The SMILES string of the molecule is Cc1ccccc1N1C(=O)C(Cl)=C(Nc2ccc(C(=O)Oc3ccccc3C(C)C)cc2)C1=O. The molecule has 0 saturated carbocycles. The van der Waals surface area contributed by atoms with Crippen LogP contribution in [0.5, 0.6) is 5.75 Å². The van der Waals surface area contributed by atoms with E-state index >= 15 is 0 Å². The lowest BCUT2D eigenvalue weighted by molar-refractivity contribution is -0.120. The number of nitrogens with one attached hydrogen (secondary N) is 1. The highest BCUT2D eigenvalue weighted by molar-refractivity contribution is 6.53. The van der Waals surface area contributed by atoms with Crippen LogP contribution >= 0.6 is 11.6 Å². The maximum atomic E-state index is 13.0. The summed E-state index contributed by atoms with van der Waals surface area (Å²) >= 11 is 6.21. The molecule has 1 aliphatic heterocycles. The maximum absolute atomic E-state index is 13.0. The van der Waals surface area contributed by atoms with Crippen molar-refractivity contribution in [2.24, 2.45) is 0 Å². The minimum absolute atomic E-state index is 0.0175. The van der Waals surface area contributed by atoms with Gasteiger partial charge in [0.2, 0.25) is 0 Å². The summed E-state index contributed by atoms with van der Waals surface area (Å²) in [4.78, 5) is 39.3. The minimum Gasteiger partial charge on any atom is -0.423 e. The largest absolute Gasteiger partial charge is 0.423 e. The zero-order valence-electron chi connectivity index (χ0n) is 19.0. The summed E-state index contributed by atoms with van der Waals surface area (Å²) in [5.41, 5.74) is 3.03. The molecule has 0 bridgehead atoms. The molecule has 6 nitrogen and oxygen atoms in total. The van der Waals surface area contributed by atoms with Gasteiger partial charge in [0.25, 0.3) is 11.8 Å². The second-order valence-electron chi connectivity index (χ2n) is 8.21. The highest BCUT2D eigenvalue weighted by Crippen LogP contribution is 2.32. The Kier molecular flexibility index (Phi) is 6.52. The van der Waals surface area contributed by atoms with Crippen molar-refractivity contribution in [3.05, 3.63) is 100 Å². The number of aryl methyl sites for hydroxylation is 1. The van der Waals surface area contributed by atoms with Crippen molar-refractivity contribution < 1.29 is 19.1 Å². The first kappa shape index (κ1) is 23.3. The number of para-hydroxylation sites is 2. The highest BCUT2D eigenvalue weighted by atomic mass is 35.5. The van der Waals surface area contributed by atoms with E-state index in [9.17, 15) is 14.4 Å². The van der Waals surface area contributed by atoms with Gasteiger partial charge in [0.15, 0.2) is 0 Å². The van der Waals surface area contributed by atoms with Crippen LogP contribution in [0.1, 0.15) is 41.3 Å². The van der Waals surface area contributed by atoms with Crippen molar-refractivity contribution in [1.29, 1.82) is 0 Å². The molecule has 4 rings (SSSR count). The predicted molar refractivity (Wildman–Crippen MR) is 132 cm³/mol. The molecule has 0 unspecified atom stereocenters. The van der Waals surface area contributed by atoms with E-state index in [1.165, 1.54) is 0 Å². The molecule has 1 N–H and O–H groups in total. The van der Waals surface area contributed by atoms with Gasteiger partial charge < -0.3 is 10.1 Å². The maximum Gasteiger partial charge on any atom is 0.343 e. The van der Waals surface area contributed by atoms with Gasteiger partial charge in [-0.1, -0.05) is 61.8 Å². The van der Waals surface area contributed by atoms with Crippen molar-refractivity contribution in [2.75, 3.05) is 10.2 Å². The zero-order chi connectivity index (χ0) is 24.4. The average molecular weight is 475 g/mol. The Balaban J connectivity index is 1.50. The Hall–Kier alpha value is -3.90. The van der Waals surface area contributed by atoms with Crippen molar-refractivity contribution in [3.63, 3.8) is 0 Å². The number of hydrogen-bond donors (Lipinski definition) is 1. The molecular formula is C27H23ClN2O4. The highest BCUT2D eigenvalue weighted by Gasteiger charge is 2.39. The minimum atomic E-state index is -0.590. The van der Waals surface area contributed by atoms with E-state index in [0.717, 1.165) is 16.0 Å². The molecule has 0 atom stereocenters. The van der Waals surface area contributed by atoms with Crippen LogP contribution in [0.2, 0.25) is 0 Å². The van der Waals surface area contributed by atoms with Crippen molar-refractivity contribution in [1.82, 2.24) is 0 Å². The first-order valence-electron chi connectivity index (χ1n) is 10.8. The Bertz CT molecular complexity index is 1310. The number of carbonyl (C=O) groups is 3. The zero-order valence-corrected chi connectivity index (χ0v) is 19.7. The summed E-state index contributed by atoms with van der Waals surface area (Å²) in [5.74, 6) is -0.896. The molecule has 0 fully saturated rings. The third kappa shape index (κ3) is 4.45. The van der Waals surface area contributed by atoms with Crippen LogP contribution in [0, 0.1) is 6.92 Å². The summed E-state index contributed by atoms with van der Waals surface area (Å²) < 4.78 is 5.59. The van der Waals surface area contributed by atoms with Gasteiger partial charge in [0.1, 0.15) is 16.5 Å². The molecule has 1 heterocycles. The molecule has 7 heteroatoms. The lowest BCUT2D eigenvalue weighted by atomic mass is 10.0. The monoisotopic (exact) mass is 474 g/mol. The second kappa shape index (κ2) is 9.53. The van der Waals surface area contributed by atoms with Crippen LogP contribution < -0.4 is 15.0 Å². The molecule has 0 saturated heterocycles. The molecule has 172 valence electrons. The molecule has 3 aromatic carbocycles. The van der Waals surface area contributed by atoms with Crippen LogP contribution in [0.4, 0.5) is 11.4 Å². The van der Waals surface area contributed by atoms with Crippen LogP contribution in [0.15, 0.2) is 83.5 Å². The lowest BCUT2D eigenvalue weighted by Crippen LogP contribution is -2.32. The molecule has 2 amide bonds. The Morgan fingerprint density at radius 3 is 2.24 bits per heavy atom. The number of ether oxygens (including phenoxy) is 1. The van der Waals surface area contributed by atoms with Gasteiger partial charge >= 0.3 is 5.97 Å². The van der Waals surface area contributed by atoms with Crippen LogP contribution in [-0.2, 0) is 9.59 Å². The van der Waals surface area contributed by atoms with E-state index in [-0.39, 0.29) is 16.6 Å². The van der Waals surface area contributed by atoms with Crippen molar-refractivity contribution in [3.8, 4) is 5.75 Å². The number of amides is 2. The predicted octanol–water partition coefficient (Wildman–Crippen LogP) is 5.77.